The van der Waals surface area contributed by atoms with Crippen molar-refractivity contribution < 1.29 is 0 Å². The van der Waals surface area contributed by atoms with Gasteiger partial charge < -0.3 is 9.88 Å². The van der Waals surface area contributed by atoms with Crippen LogP contribution in [0.3, 0.4) is 0 Å². The number of hydrogen-bond donors (Lipinski definition) is 1. The molecule has 0 aliphatic heterocycles. The molecule has 3 heteroatoms. The first kappa shape index (κ1) is 15.8. The molecule has 0 atom stereocenters. The fourth-order valence-electron chi connectivity index (χ4n) is 2.31. The van der Waals surface area contributed by atoms with Crippen LogP contribution in [-0.4, -0.2) is 15.1 Å². The summed E-state index contributed by atoms with van der Waals surface area (Å²) < 4.78 is 2.29. The molecule has 114 valence electrons. The summed E-state index contributed by atoms with van der Waals surface area (Å²) >= 11 is 0. The highest BCUT2D eigenvalue weighted by atomic mass is 15.1. The Labute approximate surface area is 128 Å². The number of nitrogens with one attached hydrogen (secondary N) is 1. The van der Waals surface area contributed by atoms with Gasteiger partial charge >= 0.3 is 0 Å². The predicted octanol–water partition coefficient (Wildman–Crippen LogP) is 3.74. The minimum Gasteiger partial charge on any atom is -0.327 e. The van der Waals surface area contributed by atoms with E-state index in [0.29, 0.717) is 0 Å². The van der Waals surface area contributed by atoms with Crippen LogP contribution in [0.1, 0.15) is 49.0 Å². The van der Waals surface area contributed by atoms with Crippen LogP contribution in [0.15, 0.2) is 24.4 Å². The van der Waals surface area contributed by atoms with Crippen molar-refractivity contribution in [1.82, 2.24) is 14.9 Å². The fourth-order valence-corrected chi connectivity index (χ4v) is 2.31. The maximum atomic E-state index is 4.48. The summed E-state index contributed by atoms with van der Waals surface area (Å²) in [5, 5.41) is 3.54. The van der Waals surface area contributed by atoms with E-state index < -0.39 is 0 Å². The summed E-state index contributed by atoms with van der Waals surface area (Å²) in [6.07, 6.45) is 1.98. The minimum absolute atomic E-state index is 0.115. The van der Waals surface area contributed by atoms with Crippen LogP contribution in [0.4, 0.5) is 0 Å². The van der Waals surface area contributed by atoms with E-state index in [2.05, 4.69) is 74.6 Å². The van der Waals surface area contributed by atoms with Crippen molar-refractivity contribution in [2.45, 2.75) is 60.2 Å². The fraction of sp³-hybridized carbons (Fsp3) is 0.500. The van der Waals surface area contributed by atoms with E-state index in [1.165, 1.54) is 22.4 Å². The second kappa shape index (κ2) is 6.02. The summed E-state index contributed by atoms with van der Waals surface area (Å²) in [6.45, 7) is 14.7. The number of benzene rings is 1. The Morgan fingerprint density at radius 1 is 1.10 bits per heavy atom. The highest BCUT2D eigenvalue weighted by Crippen LogP contribution is 2.14. The maximum absolute atomic E-state index is 4.48. The number of rotatable bonds is 4. The lowest BCUT2D eigenvalue weighted by atomic mass is 10.1. The zero-order chi connectivity index (χ0) is 15.6. The molecule has 0 bridgehead atoms. The zero-order valence-corrected chi connectivity index (χ0v) is 14.1. The molecule has 1 aromatic carbocycles. The molecule has 2 rings (SSSR count). The molecule has 0 saturated carbocycles. The predicted molar refractivity (Wildman–Crippen MR) is 88.6 cm³/mol. The van der Waals surface area contributed by atoms with Crippen LogP contribution in [0, 0.1) is 20.8 Å². The zero-order valence-electron chi connectivity index (χ0n) is 14.1. The van der Waals surface area contributed by atoms with Gasteiger partial charge in [-0.1, -0.05) is 18.2 Å². The largest absolute Gasteiger partial charge is 0.327 e. The highest BCUT2D eigenvalue weighted by Gasteiger charge is 2.12. The third kappa shape index (κ3) is 4.18. The molecule has 3 nitrogen and oxygen atoms in total. The van der Waals surface area contributed by atoms with Crippen molar-refractivity contribution in [2.24, 2.45) is 0 Å². The van der Waals surface area contributed by atoms with E-state index >= 15 is 0 Å². The van der Waals surface area contributed by atoms with Crippen LogP contribution in [-0.2, 0) is 13.1 Å². The van der Waals surface area contributed by atoms with Crippen molar-refractivity contribution in [3.8, 4) is 0 Å². The van der Waals surface area contributed by atoms with Crippen LogP contribution < -0.4 is 5.32 Å². The SMILES string of the molecule is Cc1ccc(Cn2c(CNC(C)(C)C)cnc2C)cc1C. The van der Waals surface area contributed by atoms with Gasteiger partial charge in [0.25, 0.3) is 0 Å². The summed E-state index contributed by atoms with van der Waals surface area (Å²) in [6, 6.07) is 6.68. The molecule has 0 saturated heterocycles. The molecule has 2 aromatic rings. The van der Waals surface area contributed by atoms with E-state index in [9.17, 15) is 0 Å². The Kier molecular flexibility index (Phi) is 4.52. The molecule has 1 N–H and O–H groups in total. The molecule has 0 spiro atoms. The molecular weight excluding hydrogens is 258 g/mol. The lowest BCUT2D eigenvalue weighted by Gasteiger charge is -2.21. The molecule has 0 aliphatic carbocycles. The van der Waals surface area contributed by atoms with E-state index in [-0.39, 0.29) is 5.54 Å². The van der Waals surface area contributed by atoms with E-state index in [0.717, 1.165) is 18.9 Å². The van der Waals surface area contributed by atoms with E-state index in [4.69, 9.17) is 0 Å². The topological polar surface area (TPSA) is 29.9 Å². The first-order valence-corrected chi connectivity index (χ1v) is 7.58. The van der Waals surface area contributed by atoms with Crippen LogP contribution in [0.25, 0.3) is 0 Å². The maximum Gasteiger partial charge on any atom is 0.106 e. The van der Waals surface area contributed by atoms with Crippen molar-refractivity contribution in [2.75, 3.05) is 0 Å². The van der Waals surface area contributed by atoms with Crippen molar-refractivity contribution >= 4 is 0 Å². The number of aromatic nitrogens is 2. The van der Waals surface area contributed by atoms with Gasteiger partial charge in [-0.15, -0.1) is 0 Å². The molecular formula is C18H27N3. The van der Waals surface area contributed by atoms with Crippen molar-refractivity contribution in [3.63, 3.8) is 0 Å². The summed E-state index contributed by atoms with van der Waals surface area (Å²) in [7, 11) is 0. The van der Waals surface area contributed by atoms with Gasteiger partial charge in [0.15, 0.2) is 0 Å². The minimum atomic E-state index is 0.115. The molecule has 1 aromatic heterocycles. The number of imidazole rings is 1. The molecule has 0 aliphatic rings. The van der Waals surface area contributed by atoms with Gasteiger partial charge in [0.2, 0.25) is 0 Å². The average molecular weight is 285 g/mol. The first-order chi connectivity index (χ1) is 9.76. The van der Waals surface area contributed by atoms with Crippen LogP contribution in [0.5, 0.6) is 0 Å². The van der Waals surface area contributed by atoms with Crippen LogP contribution in [0.2, 0.25) is 0 Å². The molecule has 1 heterocycles. The van der Waals surface area contributed by atoms with Gasteiger partial charge in [-0.05, 0) is 58.2 Å². The van der Waals surface area contributed by atoms with E-state index in [1.807, 2.05) is 6.20 Å². The van der Waals surface area contributed by atoms with Gasteiger partial charge in [-0.25, -0.2) is 4.98 Å². The monoisotopic (exact) mass is 285 g/mol. The number of nitrogens with zero attached hydrogens (tertiary/aromatic N) is 2. The Hall–Kier alpha value is -1.61. The summed E-state index contributed by atoms with van der Waals surface area (Å²) in [4.78, 5) is 4.48. The Bertz CT molecular complexity index is 618. The molecule has 0 amide bonds. The Balaban J connectivity index is 2.19. The van der Waals surface area contributed by atoms with Gasteiger partial charge in [-0.2, -0.15) is 0 Å². The standard InChI is InChI=1S/C18H27N3/c1-13-7-8-16(9-14(13)2)12-21-15(3)19-10-17(21)11-20-18(4,5)6/h7-10,20H,11-12H2,1-6H3. The Morgan fingerprint density at radius 3 is 2.43 bits per heavy atom. The summed E-state index contributed by atoms with van der Waals surface area (Å²) in [5.41, 5.74) is 5.37. The third-order valence-electron chi connectivity index (χ3n) is 3.85. The molecule has 0 unspecified atom stereocenters. The third-order valence-corrected chi connectivity index (χ3v) is 3.85. The normalized spacial score (nSPS) is 11.9. The van der Waals surface area contributed by atoms with Gasteiger partial charge in [0, 0.05) is 24.8 Å². The average Bonchev–Trinajstić information content (AvgIpc) is 2.72. The quantitative estimate of drug-likeness (QED) is 0.927. The van der Waals surface area contributed by atoms with Crippen molar-refractivity contribution in [3.05, 3.63) is 52.6 Å². The molecule has 21 heavy (non-hydrogen) atoms. The number of aryl methyl sites for hydroxylation is 3. The summed E-state index contributed by atoms with van der Waals surface area (Å²) in [5.74, 6) is 1.07. The van der Waals surface area contributed by atoms with Gasteiger partial charge in [-0.3, -0.25) is 0 Å². The molecule has 0 radical (unpaired) electrons. The lowest BCUT2D eigenvalue weighted by molar-refractivity contribution is 0.416. The van der Waals surface area contributed by atoms with E-state index in [1.54, 1.807) is 0 Å². The Morgan fingerprint density at radius 2 is 1.81 bits per heavy atom. The van der Waals surface area contributed by atoms with Crippen LogP contribution >= 0.6 is 0 Å². The second-order valence-electron chi connectivity index (χ2n) is 6.91. The first-order valence-electron chi connectivity index (χ1n) is 7.58. The lowest BCUT2D eigenvalue weighted by Crippen LogP contribution is -2.35. The number of hydrogen-bond acceptors (Lipinski definition) is 2. The second-order valence-corrected chi connectivity index (χ2v) is 6.91. The van der Waals surface area contributed by atoms with Gasteiger partial charge in [0.1, 0.15) is 5.82 Å². The van der Waals surface area contributed by atoms with Gasteiger partial charge in [0.05, 0.1) is 5.69 Å². The highest BCUT2D eigenvalue weighted by molar-refractivity contribution is 5.30. The molecule has 0 fully saturated rings. The smallest absolute Gasteiger partial charge is 0.106 e. The van der Waals surface area contributed by atoms with Crippen molar-refractivity contribution in [1.29, 1.82) is 0 Å².